The molecule has 0 amide bonds. The molecule has 2 rings (SSSR count). The molecule has 0 radical (unpaired) electrons. The zero-order valence-electron chi connectivity index (χ0n) is 9.79. The molecule has 0 atom stereocenters. The van der Waals surface area contributed by atoms with Crippen molar-refractivity contribution >= 4 is 0 Å². The van der Waals surface area contributed by atoms with E-state index in [1.807, 2.05) is 17.9 Å². The van der Waals surface area contributed by atoms with E-state index in [0.29, 0.717) is 5.54 Å². The van der Waals surface area contributed by atoms with Crippen LogP contribution in [0.1, 0.15) is 38.3 Å². The van der Waals surface area contributed by atoms with Gasteiger partial charge in [0.1, 0.15) is 0 Å². The fourth-order valence-corrected chi connectivity index (χ4v) is 2.36. The molecule has 3 heteroatoms. The lowest BCUT2D eigenvalue weighted by Crippen LogP contribution is -2.51. The van der Waals surface area contributed by atoms with Gasteiger partial charge in [-0.2, -0.15) is 5.10 Å². The third-order valence-corrected chi connectivity index (χ3v) is 3.79. The minimum atomic E-state index is 0.471. The van der Waals surface area contributed by atoms with Gasteiger partial charge in [-0.1, -0.05) is 6.92 Å². The summed E-state index contributed by atoms with van der Waals surface area (Å²) >= 11 is 0. The second-order valence-electron chi connectivity index (χ2n) is 4.61. The van der Waals surface area contributed by atoms with Crippen LogP contribution in [0.4, 0.5) is 0 Å². The van der Waals surface area contributed by atoms with E-state index < -0.39 is 0 Å². The van der Waals surface area contributed by atoms with E-state index in [0.717, 1.165) is 13.0 Å². The standard InChI is InChI=1S/C12H21N3/c1-3-12(7-4-8-12)13-9-5-11-6-10-14-15(11)2/h6,10,13H,3-5,7-9H2,1-2H3. The Kier molecular flexibility index (Phi) is 3.10. The summed E-state index contributed by atoms with van der Waals surface area (Å²) in [4.78, 5) is 0. The summed E-state index contributed by atoms with van der Waals surface area (Å²) in [5, 5.41) is 7.88. The molecule has 1 aliphatic carbocycles. The van der Waals surface area contributed by atoms with E-state index >= 15 is 0 Å². The first-order valence-electron chi connectivity index (χ1n) is 5.98. The van der Waals surface area contributed by atoms with Crippen LogP contribution in [-0.2, 0) is 13.5 Å². The topological polar surface area (TPSA) is 29.9 Å². The number of nitrogens with one attached hydrogen (secondary N) is 1. The molecular formula is C12H21N3. The summed E-state index contributed by atoms with van der Waals surface area (Å²) in [6.07, 6.45) is 8.32. The van der Waals surface area contributed by atoms with Crippen molar-refractivity contribution in [2.75, 3.05) is 6.54 Å². The molecule has 1 heterocycles. The van der Waals surface area contributed by atoms with Crippen LogP contribution in [0.2, 0.25) is 0 Å². The van der Waals surface area contributed by atoms with E-state index in [9.17, 15) is 0 Å². The van der Waals surface area contributed by atoms with Gasteiger partial charge in [0, 0.05) is 37.4 Å². The van der Waals surface area contributed by atoms with E-state index in [1.165, 1.54) is 31.4 Å². The molecule has 1 fully saturated rings. The van der Waals surface area contributed by atoms with Gasteiger partial charge in [0.05, 0.1) is 0 Å². The van der Waals surface area contributed by atoms with Gasteiger partial charge < -0.3 is 5.32 Å². The largest absolute Gasteiger partial charge is 0.311 e. The monoisotopic (exact) mass is 207 g/mol. The number of aromatic nitrogens is 2. The van der Waals surface area contributed by atoms with Gasteiger partial charge in [-0.15, -0.1) is 0 Å². The molecule has 0 spiro atoms. The molecule has 0 saturated heterocycles. The molecule has 1 aromatic rings. The van der Waals surface area contributed by atoms with Gasteiger partial charge in [0.25, 0.3) is 0 Å². The van der Waals surface area contributed by atoms with Crippen molar-refractivity contribution in [1.29, 1.82) is 0 Å². The SMILES string of the molecule is CCC1(NCCc2ccnn2C)CCC1. The molecule has 3 nitrogen and oxygen atoms in total. The highest BCUT2D eigenvalue weighted by Gasteiger charge is 2.33. The van der Waals surface area contributed by atoms with Crippen molar-refractivity contribution in [2.45, 2.75) is 44.6 Å². The van der Waals surface area contributed by atoms with Gasteiger partial charge in [-0.25, -0.2) is 0 Å². The van der Waals surface area contributed by atoms with Gasteiger partial charge in [0.2, 0.25) is 0 Å². The smallest absolute Gasteiger partial charge is 0.0492 e. The van der Waals surface area contributed by atoms with Crippen LogP contribution in [0.15, 0.2) is 12.3 Å². The Morgan fingerprint density at radius 3 is 2.80 bits per heavy atom. The zero-order valence-corrected chi connectivity index (χ0v) is 9.79. The Morgan fingerprint density at radius 2 is 2.33 bits per heavy atom. The highest BCUT2D eigenvalue weighted by Crippen LogP contribution is 2.34. The lowest BCUT2D eigenvalue weighted by atomic mass is 9.75. The molecule has 15 heavy (non-hydrogen) atoms. The minimum absolute atomic E-state index is 0.471. The molecule has 1 N–H and O–H groups in total. The predicted molar refractivity (Wildman–Crippen MR) is 61.8 cm³/mol. The second kappa shape index (κ2) is 4.35. The number of rotatable bonds is 5. The highest BCUT2D eigenvalue weighted by atomic mass is 15.3. The molecule has 0 aromatic carbocycles. The van der Waals surface area contributed by atoms with Crippen LogP contribution in [0.3, 0.4) is 0 Å². The van der Waals surface area contributed by atoms with Crippen molar-refractivity contribution < 1.29 is 0 Å². The predicted octanol–water partition coefficient (Wildman–Crippen LogP) is 1.88. The number of hydrogen-bond donors (Lipinski definition) is 1. The van der Waals surface area contributed by atoms with Crippen molar-refractivity contribution in [3.8, 4) is 0 Å². The van der Waals surface area contributed by atoms with E-state index in [1.54, 1.807) is 0 Å². The minimum Gasteiger partial charge on any atom is -0.311 e. The van der Waals surface area contributed by atoms with Crippen LogP contribution < -0.4 is 5.32 Å². The Balaban J connectivity index is 1.77. The maximum Gasteiger partial charge on any atom is 0.0492 e. The fraction of sp³-hybridized carbons (Fsp3) is 0.750. The highest BCUT2D eigenvalue weighted by molar-refractivity contribution is 5.02. The van der Waals surface area contributed by atoms with Gasteiger partial charge >= 0.3 is 0 Å². The molecule has 1 saturated carbocycles. The maximum absolute atomic E-state index is 4.17. The first kappa shape index (κ1) is 10.7. The lowest BCUT2D eigenvalue weighted by Gasteiger charge is -2.42. The molecule has 0 bridgehead atoms. The fourth-order valence-electron chi connectivity index (χ4n) is 2.36. The first-order valence-corrected chi connectivity index (χ1v) is 5.98. The van der Waals surface area contributed by atoms with Crippen LogP contribution in [0.25, 0.3) is 0 Å². The average Bonchev–Trinajstić information content (AvgIpc) is 2.57. The normalized spacial score (nSPS) is 18.8. The molecular weight excluding hydrogens is 186 g/mol. The van der Waals surface area contributed by atoms with E-state index in [2.05, 4.69) is 23.4 Å². The molecule has 1 aromatic heterocycles. The van der Waals surface area contributed by atoms with Crippen LogP contribution in [0.5, 0.6) is 0 Å². The summed E-state index contributed by atoms with van der Waals surface area (Å²) in [6, 6.07) is 2.10. The Bertz CT molecular complexity index is 307. The van der Waals surface area contributed by atoms with Crippen LogP contribution in [-0.4, -0.2) is 21.9 Å². The maximum atomic E-state index is 4.17. The molecule has 0 unspecified atom stereocenters. The summed E-state index contributed by atoms with van der Waals surface area (Å²) in [5.74, 6) is 0. The van der Waals surface area contributed by atoms with Crippen LogP contribution in [0, 0.1) is 0 Å². The second-order valence-corrected chi connectivity index (χ2v) is 4.61. The van der Waals surface area contributed by atoms with Crippen LogP contribution >= 0.6 is 0 Å². The van der Waals surface area contributed by atoms with E-state index in [4.69, 9.17) is 0 Å². The van der Waals surface area contributed by atoms with E-state index in [-0.39, 0.29) is 0 Å². The average molecular weight is 207 g/mol. The van der Waals surface area contributed by atoms with Crippen molar-refractivity contribution in [1.82, 2.24) is 15.1 Å². The molecule has 84 valence electrons. The molecule has 0 aliphatic heterocycles. The lowest BCUT2D eigenvalue weighted by molar-refractivity contribution is 0.178. The number of aryl methyl sites for hydroxylation is 1. The van der Waals surface area contributed by atoms with Crippen molar-refractivity contribution in [2.24, 2.45) is 7.05 Å². The third kappa shape index (κ3) is 2.23. The first-order chi connectivity index (χ1) is 7.26. The third-order valence-electron chi connectivity index (χ3n) is 3.79. The van der Waals surface area contributed by atoms with Gasteiger partial charge in [-0.3, -0.25) is 4.68 Å². The Morgan fingerprint density at radius 1 is 1.53 bits per heavy atom. The molecule has 1 aliphatic rings. The van der Waals surface area contributed by atoms with Gasteiger partial charge in [0.15, 0.2) is 0 Å². The summed E-state index contributed by atoms with van der Waals surface area (Å²) < 4.78 is 1.96. The number of hydrogen-bond acceptors (Lipinski definition) is 2. The Labute approximate surface area is 91.9 Å². The zero-order chi connectivity index (χ0) is 10.7. The summed E-state index contributed by atoms with van der Waals surface area (Å²) in [5.41, 5.74) is 1.78. The summed E-state index contributed by atoms with van der Waals surface area (Å²) in [6.45, 7) is 3.36. The van der Waals surface area contributed by atoms with Gasteiger partial charge in [-0.05, 0) is 31.7 Å². The van der Waals surface area contributed by atoms with Crippen molar-refractivity contribution in [3.63, 3.8) is 0 Å². The Hall–Kier alpha value is -0.830. The summed E-state index contributed by atoms with van der Waals surface area (Å²) in [7, 11) is 2.01. The number of nitrogens with zero attached hydrogens (tertiary/aromatic N) is 2. The quantitative estimate of drug-likeness (QED) is 0.799. The van der Waals surface area contributed by atoms with Crippen molar-refractivity contribution in [3.05, 3.63) is 18.0 Å².